The van der Waals surface area contributed by atoms with Crippen LogP contribution in [0.25, 0.3) is 4.96 Å². The van der Waals surface area contributed by atoms with Crippen molar-refractivity contribution in [1.29, 1.82) is 0 Å². The average molecular weight is 265 g/mol. The second-order valence-electron chi connectivity index (χ2n) is 4.91. The molecule has 5 nitrogen and oxygen atoms in total. The van der Waals surface area contributed by atoms with Gasteiger partial charge in [-0.2, -0.15) is 9.61 Å². The molecule has 3 rings (SSSR count). The summed E-state index contributed by atoms with van der Waals surface area (Å²) in [5, 5.41) is 5.40. The van der Waals surface area contributed by atoms with E-state index in [9.17, 15) is 4.79 Å². The highest BCUT2D eigenvalue weighted by Crippen LogP contribution is 2.10. The Morgan fingerprint density at radius 1 is 1.39 bits per heavy atom. The Morgan fingerprint density at radius 3 is 2.94 bits per heavy atom. The van der Waals surface area contributed by atoms with Crippen LogP contribution in [0.15, 0.2) is 10.9 Å². The lowest BCUT2D eigenvalue weighted by Gasteiger charge is -2.22. The molecule has 1 N–H and O–H groups in total. The van der Waals surface area contributed by atoms with Gasteiger partial charge < -0.3 is 4.90 Å². The van der Waals surface area contributed by atoms with Crippen LogP contribution in [0.2, 0.25) is 0 Å². The molecule has 1 saturated heterocycles. The van der Waals surface area contributed by atoms with E-state index in [1.807, 2.05) is 6.92 Å². The van der Waals surface area contributed by atoms with Crippen molar-refractivity contribution in [2.45, 2.75) is 32.7 Å². The van der Waals surface area contributed by atoms with E-state index in [4.69, 9.17) is 0 Å². The summed E-state index contributed by atoms with van der Waals surface area (Å²) in [7, 11) is 0. The van der Waals surface area contributed by atoms with E-state index in [2.05, 4.69) is 10.1 Å². The molecular formula is C12H17N4OS+. The Morgan fingerprint density at radius 2 is 2.17 bits per heavy atom. The second kappa shape index (κ2) is 4.78. The Balaban J connectivity index is 1.88. The highest BCUT2D eigenvalue weighted by atomic mass is 32.1. The maximum absolute atomic E-state index is 11.8. The molecule has 0 atom stereocenters. The van der Waals surface area contributed by atoms with E-state index in [0.29, 0.717) is 4.96 Å². The van der Waals surface area contributed by atoms with Crippen LogP contribution in [-0.4, -0.2) is 27.7 Å². The fourth-order valence-electron chi connectivity index (χ4n) is 2.47. The number of piperidine rings is 1. The standard InChI is InChI=1S/C12H16N4OS/c1-9-7-11(17)16-12(13-9)18-10(14-16)8-15-5-3-2-4-6-15/h7H,2-6,8H2,1H3/p+1. The van der Waals surface area contributed by atoms with Crippen molar-refractivity contribution in [3.63, 3.8) is 0 Å². The molecule has 96 valence electrons. The highest BCUT2D eigenvalue weighted by Gasteiger charge is 2.17. The molecule has 3 heterocycles. The van der Waals surface area contributed by atoms with Crippen molar-refractivity contribution in [2.75, 3.05) is 13.1 Å². The Labute approximate surface area is 109 Å². The quantitative estimate of drug-likeness (QED) is 0.833. The minimum Gasteiger partial charge on any atom is -0.329 e. The predicted octanol–water partition coefficient (Wildman–Crippen LogP) is 0.0282. The summed E-state index contributed by atoms with van der Waals surface area (Å²) in [6.07, 6.45) is 3.96. The number of nitrogens with zero attached hydrogens (tertiary/aromatic N) is 3. The first-order chi connectivity index (χ1) is 8.72. The van der Waals surface area contributed by atoms with Gasteiger partial charge in [-0.1, -0.05) is 11.3 Å². The third-order valence-electron chi connectivity index (χ3n) is 3.38. The third kappa shape index (κ3) is 2.30. The van der Waals surface area contributed by atoms with E-state index in [0.717, 1.165) is 17.2 Å². The SMILES string of the molecule is Cc1cc(=O)n2nc(C[NH+]3CCCCC3)sc2n1. The first-order valence-corrected chi connectivity index (χ1v) is 7.24. The summed E-state index contributed by atoms with van der Waals surface area (Å²) in [6, 6.07) is 1.53. The number of likely N-dealkylation sites (tertiary alicyclic amines) is 1. The Kier molecular flexibility index (Phi) is 3.13. The number of nitrogens with one attached hydrogen (secondary N) is 1. The van der Waals surface area contributed by atoms with Crippen molar-refractivity contribution >= 4 is 16.3 Å². The largest absolute Gasteiger partial charge is 0.329 e. The lowest BCUT2D eigenvalue weighted by molar-refractivity contribution is -0.918. The molecule has 1 fully saturated rings. The van der Waals surface area contributed by atoms with Gasteiger partial charge in [0.25, 0.3) is 5.56 Å². The number of fused-ring (bicyclic) bond motifs is 1. The molecule has 0 unspecified atom stereocenters. The van der Waals surface area contributed by atoms with Crippen molar-refractivity contribution in [1.82, 2.24) is 14.6 Å². The molecule has 0 spiro atoms. The van der Waals surface area contributed by atoms with Crippen molar-refractivity contribution in [3.05, 3.63) is 27.1 Å². The Hall–Kier alpha value is -1.27. The minimum absolute atomic E-state index is 0.0753. The number of hydrogen-bond donors (Lipinski definition) is 1. The zero-order valence-electron chi connectivity index (χ0n) is 10.5. The van der Waals surface area contributed by atoms with Crippen molar-refractivity contribution in [3.8, 4) is 0 Å². The van der Waals surface area contributed by atoms with Crippen LogP contribution in [-0.2, 0) is 6.54 Å². The van der Waals surface area contributed by atoms with Crippen LogP contribution in [0.1, 0.15) is 30.0 Å². The first-order valence-electron chi connectivity index (χ1n) is 6.42. The molecule has 0 amide bonds. The van der Waals surface area contributed by atoms with Gasteiger partial charge in [-0.15, -0.1) is 0 Å². The maximum Gasteiger partial charge on any atom is 0.275 e. The van der Waals surface area contributed by atoms with Gasteiger partial charge in [0, 0.05) is 11.8 Å². The number of quaternary nitrogens is 1. The topological polar surface area (TPSA) is 51.7 Å². The normalized spacial score (nSPS) is 17.4. The zero-order chi connectivity index (χ0) is 12.5. The Bertz CT molecular complexity index is 612. The van der Waals surface area contributed by atoms with Crippen LogP contribution >= 0.6 is 11.3 Å². The molecule has 2 aromatic rings. The predicted molar refractivity (Wildman–Crippen MR) is 70.1 cm³/mol. The summed E-state index contributed by atoms with van der Waals surface area (Å²) in [4.78, 5) is 18.4. The molecule has 1 aliphatic heterocycles. The monoisotopic (exact) mass is 265 g/mol. The molecule has 6 heteroatoms. The summed E-state index contributed by atoms with van der Waals surface area (Å²) in [5.74, 6) is 0. The van der Waals surface area contributed by atoms with Gasteiger partial charge in [0.05, 0.1) is 13.1 Å². The molecule has 0 saturated carbocycles. The fraction of sp³-hybridized carbons (Fsp3) is 0.583. The van der Waals surface area contributed by atoms with E-state index < -0.39 is 0 Å². The molecule has 2 aromatic heterocycles. The molecule has 18 heavy (non-hydrogen) atoms. The number of aromatic nitrogens is 3. The smallest absolute Gasteiger partial charge is 0.275 e. The van der Waals surface area contributed by atoms with Crippen LogP contribution in [0, 0.1) is 6.92 Å². The summed E-state index contributed by atoms with van der Waals surface area (Å²) in [5.41, 5.74) is 0.689. The van der Waals surface area contributed by atoms with Gasteiger partial charge in [0.15, 0.2) is 5.01 Å². The molecule has 0 aliphatic carbocycles. The first kappa shape index (κ1) is 11.8. The van der Waals surface area contributed by atoms with Gasteiger partial charge in [-0.25, -0.2) is 4.98 Å². The lowest BCUT2D eigenvalue weighted by atomic mass is 10.1. The molecule has 0 aromatic carbocycles. The lowest BCUT2D eigenvalue weighted by Crippen LogP contribution is -3.11. The summed E-state index contributed by atoms with van der Waals surface area (Å²) >= 11 is 1.54. The molecule has 1 aliphatic rings. The number of rotatable bonds is 2. The van der Waals surface area contributed by atoms with Crippen molar-refractivity contribution in [2.24, 2.45) is 0 Å². The van der Waals surface area contributed by atoms with E-state index >= 15 is 0 Å². The summed E-state index contributed by atoms with van der Waals surface area (Å²) < 4.78 is 1.43. The number of aryl methyl sites for hydroxylation is 1. The van der Waals surface area contributed by atoms with Crippen LogP contribution in [0.3, 0.4) is 0 Å². The summed E-state index contributed by atoms with van der Waals surface area (Å²) in [6.45, 7) is 5.21. The van der Waals surface area contributed by atoms with Gasteiger partial charge in [0.2, 0.25) is 4.96 Å². The third-order valence-corrected chi connectivity index (χ3v) is 4.29. The van der Waals surface area contributed by atoms with Gasteiger partial charge in [-0.05, 0) is 26.2 Å². The van der Waals surface area contributed by atoms with E-state index in [-0.39, 0.29) is 5.56 Å². The molecule has 0 radical (unpaired) electrons. The molecule has 0 bridgehead atoms. The van der Waals surface area contributed by atoms with Gasteiger partial charge >= 0.3 is 0 Å². The number of hydrogen-bond acceptors (Lipinski definition) is 4. The minimum atomic E-state index is -0.0753. The van der Waals surface area contributed by atoms with Gasteiger partial charge in [0.1, 0.15) is 6.54 Å². The van der Waals surface area contributed by atoms with Crippen LogP contribution in [0.5, 0.6) is 0 Å². The van der Waals surface area contributed by atoms with Crippen molar-refractivity contribution < 1.29 is 4.90 Å². The zero-order valence-corrected chi connectivity index (χ0v) is 11.3. The fourth-order valence-corrected chi connectivity index (χ4v) is 3.49. The molecular weight excluding hydrogens is 248 g/mol. The van der Waals surface area contributed by atoms with Gasteiger partial charge in [-0.3, -0.25) is 4.79 Å². The van der Waals surface area contributed by atoms with E-state index in [1.165, 1.54) is 54.3 Å². The maximum atomic E-state index is 11.8. The van der Waals surface area contributed by atoms with Crippen LogP contribution < -0.4 is 10.5 Å². The highest BCUT2D eigenvalue weighted by molar-refractivity contribution is 7.16. The van der Waals surface area contributed by atoms with Crippen LogP contribution in [0.4, 0.5) is 0 Å². The average Bonchev–Trinajstić information content (AvgIpc) is 2.73. The van der Waals surface area contributed by atoms with E-state index in [1.54, 1.807) is 4.90 Å². The second-order valence-corrected chi connectivity index (χ2v) is 5.95.